The molecular formula is C13H19N3O4S. The van der Waals surface area contributed by atoms with Crippen LogP contribution < -0.4 is 5.32 Å². The second-order valence-electron chi connectivity index (χ2n) is 5.16. The Kier molecular flexibility index (Phi) is 4.92. The standard InChI is InChI=1S/C13H19N3O4S/c1-21(19,20)16-6-4-11(5-7-16)15-9-12-3-2-10(8-14-12)13(17)18/h2-3,8,11,15H,4-7,9H2,1H3,(H,17,18). The van der Waals surface area contributed by atoms with Crippen molar-refractivity contribution in [2.45, 2.75) is 25.4 Å². The summed E-state index contributed by atoms with van der Waals surface area (Å²) in [6, 6.07) is 3.46. The number of nitrogens with one attached hydrogen (secondary N) is 1. The predicted molar refractivity (Wildman–Crippen MR) is 77.5 cm³/mol. The first-order valence-corrected chi connectivity index (χ1v) is 8.58. The quantitative estimate of drug-likeness (QED) is 0.811. The summed E-state index contributed by atoms with van der Waals surface area (Å²) in [5, 5.41) is 12.1. The van der Waals surface area contributed by atoms with Crippen molar-refractivity contribution in [2.24, 2.45) is 0 Å². The Balaban J connectivity index is 1.81. The maximum absolute atomic E-state index is 11.4. The second kappa shape index (κ2) is 6.50. The molecule has 1 aliphatic heterocycles. The average molecular weight is 313 g/mol. The van der Waals surface area contributed by atoms with E-state index in [9.17, 15) is 13.2 Å². The third-order valence-corrected chi connectivity index (χ3v) is 4.87. The summed E-state index contributed by atoms with van der Waals surface area (Å²) in [7, 11) is -3.09. The number of hydrogen-bond donors (Lipinski definition) is 2. The molecule has 7 nitrogen and oxygen atoms in total. The van der Waals surface area contributed by atoms with Gasteiger partial charge in [-0.25, -0.2) is 17.5 Å². The number of hydrogen-bond acceptors (Lipinski definition) is 5. The monoisotopic (exact) mass is 313 g/mol. The van der Waals surface area contributed by atoms with Gasteiger partial charge < -0.3 is 10.4 Å². The Morgan fingerprint density at radius 1 is 1.43 bits per heavy atom. The number of rotatable bonds is 5. The molecule has 0 radical (unpaired) electrons. The molecule has 0 saturated carbocycles. The van der Waals surface area contributed by atoms with E-state index in [0.717, 1.165) is 18.5 Å². The normalized spacial score (nSPS) is 17.8. The molecular weight excluding hydrogens is 294 g/mol. The Labute approximate surface area is 124 Å². The van der Waals surface area contributed by atoms with Crippen molar-refractivity contribution in [1.82, 2.24) is 14.6 Å². The minimum absolute atomic E-state index is 0.167. The van der Waals surface area contributed by atoms with Gasteiger partial charge in [0.15, 0.2) is 0 Å². The van der Waals surface area contributed by atoms with Gasteiger partial charge >= 0.3 is 5.97 Å². The highest BCUT2D eigenvalue weighted by atomic mass is 32.2. The molecule has 0 aliphatic carbocycles. The summed E-state index contributed by atoms with van der Waals surface area (Å²) in [5.41, 5.74) is 0.936. The summed E-state index contributed by atoms with van der Waals surface area (Å²) in [4.78, 5) is 14.8. The van der Waals surface area contributed by atoms with Gasteiger partial charge in [0.1, 0.15) is 0 Å². The second-order valence-corrected chi connectivity index (χ2v) is 7.14. The summed E-state index contributed by atoms with van der Waals surface area (Å²) in [6.45, 7) is 1.60. The van der Waals surface area contributed by atoms with Crippen molar-refractivity contribution in [3.8, 4) is 0 Å². The zero-order valence-electron chi connectivity index (χ0n) is 11.8. The minimum atomic E-state index is -3.09. The van der Waals surface area contributed by atoms with Crippen LogP contribution in [-0.4, -0.2) is 54.2 Å². The van der Waals surface area contributed by atoms with E-state index in [1.54, 1.807) is 6.07 Å². The molecule has 0 unspecified atom stereocenters. The lowest BCUT2D eigenvalue weighted by Crippen LogP contribution is -2.44. The van der Waals surface area contributed by atoms with Crippen LogP contribution in [-0.2, 0) is 16.6 Å². The molecule has 1 aliphatic rings. The Hall–Kier alpha value is -1.51. The Morgan fingerprint density at radius 3 is 2.57 bits per heavy atom. The summed E-state index contributed by atoms with van der Waals surface area (Å²) < 4.78 is 24.3. The number of pyridine rings is 1. The lowest BCUT2D eigenvalue weighted by atomic mass is 10.1. The lowest BCUT2D eigenvalue weighted by Gasteiger charge is -2.30. The van der Waals surface area contributed by atoms with Gasteiger partial charge in [-0.3, -0.25) is 4.98 Å². The topological polar surface area (TPSA) is 99.6 Å². The van der Waals surface area contributed by atoms with Gasteiger partial charge in [0.25, 0.3) is 0 Å². The zero-order chi connectivity index (χ0) is 15.5. The number of piperidine rings is 1. The van der Waals surface area contributed by atoms with E-state index >= 15 is 0 Å². The molecule has 1 aromatic rings. The van der Waals surface area contributed by atoms with Crippen LogP contribution in [0.5, 0.6) is 0 Å². The van der Waals surface area contributed by atoms with E-state index in [0.29, 0.717) is 19.6 Å². The van der Waals surface area contributed by atoms with Crippen molar-refractivity contribution >= 4 is 16.0 Å². The van der Waals surface area contributed by atoms with E-state index < -0.39 is 16.0 Å². The van der Waals surface area contributed by atoms with E-state index in [-0.39, 0.29) is 11.6 Å². The van der Waals surface area contributed by atoms with Gasteiger partial charge in [0, 0.05) is 31.9 Å². The smallest absolute Gasteiger partial charge is 0.337 e. The van der Waals surface area contributed by atoms with E-state index in [2.05, 4.69) is 10.3 Å². The van der Waals surface area contributed by atoms with E-state index in [1.165, 1.54) is 22.8 Å². The van der Waals surface area contributed by atoms with Crippen LogP contribution in [0.4, 0.5) is 0 Å². The fourth-order valence-corrected chi connectivity index (χ4v) is 3.17. The molecule has 0 aromatic carbocycles. The SMILES string of the molecule is CS(=O)(=O)N1CCC(NCc2ccc(C(=O)O)cn2)CC1. The first-order chi connectivity index (χ1) is 9.86. The van der Waals surface area contributed by atoms with Gasteiger partial charge in [0.05, 0.1) is 17.5 Å². The number of carboxylic acid groups (broad SMARTS) is 1. The van der Waals surface area contributed by atoms with Crippen molar-refractivity contribution in [3.05, 3.63) is 29.6 Å². The van der Waals surface area contributed by atoms with Gasteiger partial charge in [-0.1, -0.05) is 0 Å². The zero-order valence-corrected chi connectivity index (χ0v) is 12.6. The number of carboxylic acids is 1. The van der Waals surface area contributed by atoms with Crippen LogP contribution in [0, 0.1) is 0 Å². The molecule has 116 valence electrons. The molecule has 1 saturated heterocycles. The third kappa shape index (κ3) is 4.48. The number of aromatic nitrogens is 1. The summed E-state index contributed by atoms with van der Waals surface area (Å²) in [5.74, 6) is -0.991. The van der Waals surface area contributed by atoms with Crippen molar-refractivity contribution in [2.75, 3.05) is 19.3 Å². The van der Waals surface area contributed by atoms with Gasteiger partial charge in [-0.05, 0) is 25.0 Å². The highest BCUT2D eigenvalue weighted by Crippen LogP contribution is 2.13. The molecule has 2 heterocycles. The van der Waals surface area contributed by atoms with Crippen molar-refractivity contribution in [1.29, 1.82) is 0 Å². The van der Waals surface area contributed by atoms with E-state index in [1.807, 2.05) is 0 Å². The van der Waals surface area contributed by atoms with Gasteiger partial charge in [-0.2, -0.15) is 0 Å². The maximum Gasteiger partial charge on any atom is 0.337 e. The van der Waals surface area contributed by atoms with Crippen LogP contribution in [0.2, 0.25) is 0 Å². The molecule has 2 N–H and O–H groups in total. The minimum Gasteiger partial charge on any atom is -0.478 e. The van der Waals surface area contributed by atoms with Crippen LogP contribution in [0.25, 0.3) is 0 Å². The van der Waals surface area contributed by atoms with Crippen LogP contribution in [0.15, 0.2) is 18.3 Å². The highest BCUT2D eigenvalue weighted by Gasteiger charge is 2.24. The van der Waals surface area contributed by atoms with Crippen molar-refractivity contribution < 1.29 is 18.3 Å². The first-order valence-electron chi connectivity index (χ1n) is 6.73. The third-order valence-electron chi connectivity index (χ3n) is 3.57. The first kappa shape index (κ1) is 15.9. The molecule has 21 heavy (non-hydrogen) atoms. The molecule has 1 fully saturated rings. The predicted octanol–water partition coefficient (Wildman–Crippen LogP) is 0.293. The molecule has 8 heteroatoms. The maximum atomic E-state index is 11.4. The highest BCUT2D eigenvalue weighted by molar-refractivity contribution is 7.88. The van der Waals surface area contributed by atoms with Crippen LogP contribution in [0.1, 0.15) is 28.9 Å². The fourth-order valence-electron chi connectivity index (χ4n) is 2.30. The number of aromatic carboxylic acids is 1. The fraction of sp³-hybridized carbons (Fsp3) is 0.538. The molecule has 1 aromatic heterocycles. The molecule has 0 amide bonds. The lowest BCUT2D eigenvalue weighted by molar-refractivity contribution is 0.0696. The number of nitrogens with zero attached hydrogens (tertiary/aromatic N) is 2. The Morgan fingerprint density at radius 2 is 2.10 bits per heavy atom. The molecule has 0 spiro atoms. The van der Waals surface area contributed by atoms with Crippen LogP contribution >= 0.6 is 0 Å². The molecule has 0 atom stereocenters. The van der Waals surface area contributed by atoms with Crippen LogP contribution in [0.3, 0.4) is 0 Å². The van der Waals surface area contributed by atoms with E-state index in [4.69, 9.17) is 5.11 Å². The van der Waals surface area contributed by atoms with Crippen molar-refractivity contribution in [3.63, 3.8) is 0 Å². The van der Waals surface area contributed by atoms with Gasteiger partial charge in [0.2, 0.25) is 10.0 Å². The Bertz CT molecular complexity index is 592. The summed E-state index contributed by atoms with van der Waals surface area (Å²) in [6.07, 6.45) is 4.10. The van der Waals surface area contributed by atoms with Gasteiger partial charge in [-0.15, -0.1) is 0 Å². The average Bonchev–Trinajstić information content (AvgIpc) is 2.45. The molecule has 2 rings (SSSR count). The largest absolute Gasteiger partial charge is 0.478 e. The summed E-state index contributed by atoms with van der Waals surface area (Å²) >= 11 is 0. The number of carbonyl (C=O) groups is 1. The molecule has 0 bridgehead atoms. The number of sulfonamides is 1.